The van der Waals surface area contributed by atoms with E-state index in [1.165, 1.54) is 0 Å². The topological polar surface area (TPSA) is 51.2 Å². The third kappa shape index (κ3) is 3.10. The summed E-state index contributed by atoms with van der Waals surface area (Å²) >= 11 is 0. The number of rotatable bonds is 4. The van der Waals surface area contributed by atoms with Gasteiger partial charge in [-0.15, -0.1) is 0 Å². The molecule has 0 saturated heterocycles. The van der Waals surface area contributed by atoms with Crippen LogP contribution in [-0.4, -0.2) is 17.6 Å². The van der Waals surface area contributed by atoms with E-state index in [0.29, 0.717) is 12.2 Å². The Morgan fingerprint density at radius 1 is 1.00 bits per heavy atom. The third-order valence-electron chi connectivity index (χ3n) is 4.64. The van der Waals surface area contributed by atoms with Crippen molar-refractivity contribution in [1.82, 2.24) is 4.98 Å². The van der Waals surface area contributed by atoms with Crippen LogP contribution in [0.25, 0.3) is 21.7 Å². The van der Waals surface area contributed by atoms with Crippen LogP contribution in [0.3, 0.4) is 0 Å². The highest BCUT2D eigenvalue weighted by Crippen LogP contribution is 2.33. The van der Waals surface area contributed by atoms with Crippen LogP contribution in [0.15, 0.2) is 66.9 Å². The molecule has 0 saturated carbocycles. The van der Waals surface area contributed by atoms with Crippen LogP contribution in [-0.2, 0) is 4.74 Å². The van der Waals surface area contributed by atoms with Crippen LogP contribution in [0.1, 0.15) is 22.8 Å². The number of para-hydroxylation sites is 1. The summed E-state index contributed by atoms with van der Waals surface area (Å²) in [5.74, 6) is -0.379. The standard InChI is InChI=1S/C23H20N2O2/c1-3-27-23(26)19-14-24-21-15(2)8-6-12-18(21)22(19)25-20-13-7-10-16-9-4-5-11-17(16)20/h4-14H,3H2,1-2H3,(H,24,25). The first-order valence-electron chi connectivity index (χ1n) is 8.99. The predicted octanol–water partition coefficient (Wildman–Crippen LogP) is 5.62. The van der Waals surface area contributed by atoms with Gasteiger partial charge in [0.25, 0.3) is 0 Å². The molecule has 4 nitrogen and oxygen atoms in total. The molecule has 134 valence electrons. The number of benzene rings is 3. The number of aryl methyl sites for hydroxylation is 1. The Morgan fingerprint density at radius 3 is 2.59 bits per heavy atom. The van der Waals surface area contributed by atoms with Crippen LogP contribution in [0.4, 0.5) is 11.4 Å². The van der Waals surface area contributed by atoms with Crippen LogP contribution in [0.2, 0.25) is 0 Å². The average Bonchev–Trinajstić information content (AvgIpc) is 2.69. The molecule has 3 aromatic carbocycles. The molecule has 0 amide bonds. The van der Waals surface area contributed by atoms with Gasteiger partial charge < -0.3 is 10.1 Å². The van der Waals surface area contributed by atoms with Gasteiger partial charge in [0, 0.05) is 22.7 Å². The van der Waals surface area contributed by atoms with Crippen LogP contribution in [0, 0.1) is 6.92 Å². The fourth-order valence-corrected chi connectivity index (χ4v) is 3.34. The van der Waals surface area contributed by atoms with Crippen molar-refractivity contribution in [3.8, 4) is 0 Å². The summed E-state index contributed by atoms with van der Waals surface area (Å²) in [7, 11) is 0. The molecular formula is C23H20N2O2. The number of hydrogen-bond donors (Lipinski definition) is 1. The number of hydrogen-bond acceptors (Lipinski definition) is 4. The largest absolute Gasteiger partial charge is 0.462 e. The fraction of sp³-hybridized carbons (Fsp3) is 0.130. The molecule has 0 aliphatic rings. The molecule has 0 fully saturated rings. The van der Waals surface area contributed by atoms with Crippen molar-refractivity contribution in [1.29, 1.82) is 0 Å². The molecule has 4 aromatic rings. The van der Waals surface area contributed by atoms with Gasteiger partial charge in [0.05, 0.1) is 17.8 Å². The minimum atomic E-state index is -0.379. The molecule has 0 aliphatic heterocycles. The molecule has 0 radical (unpaired) electrons. The van der Waals surface area contributed by atoms with Crippen LogP contribution < -0.4 is 5.32 Å². The van der Waals surface area contributed by atoms with Gasteiger partial charge in [-0.05, 0) is 30.9 Å². The maximum Gasteiger partial charge on any atom is 0.341 e. The molecule has 4 rings (SSSR count). The summed E-state index contributed by atoms with van der Waals surface area (Å²) < 4.78 is 5.25. The Labute approximate surface area is 157 Å². The molecule has 4 heteroatoms. The van der Waals surface area contributed by atoms with Gasteiger partial charge in [0.1, 0.15) is 5.56 Å². The fourth-order valence-electron chi connectivity index (χ4n) is 3.34. The first kappa shape index (κ1) is 17.0. The third-order valence-corrected chi connectivity index (χ3v) is 4.64. The Hall–Kier alpha value is -3.40. The Morgan fingerprint density at radius 2 is 1.74 bits per heavy atom. The SMILES string of the molecule is CCOC(=O)c1cnc2c(C)cccc2c1Nc1cccc2ccccc12. The highest BCUT2D eigenvalue weighted by molar-refractivity contribution is 6.08. The molecular weight excluding hydrogens is 336 g/mol. The van der Waals surface area contributed by atoms with E-state index in [9.17, 15) is 4.79 Å². The smallest absolute Gasteiger partial charge is 0.341 e. The van der Waals surface area contributed by atoms with Crippen molar-refractivity contribution < 1.29 is 9.53 Å². The van der Waals surface area contributed by atoms with Gasteiger partial charge in [-0.2, -0.15) is 0 Å². The quantitative estimate of drug-likeness (QED) is 0.482. The lowest BCUT2D eigenvalue weighted by atomic mass is 10.0. The van der Waals surface area contributed by atoms with Gasteiger partial charge in [0.2, 0.25) is 0 Å². The first-order valence-corrected chi connectivity index (χ1v) is 8.99. The lowest BCUT2D eigenvalue weighted by molar-refractivity contribution is 0.0527. The molecule has 0 spiro atoms. The number of carbonyl (C=O) groups excluding carboxylic acids is 1. The highest BCUT2D eigenvalue weighted by atomic mass is 16.5. The number of anilines is 2. The number of nitrogens with zero attached hydrogens (tertiary/aromatic N) is 1. The second-order valence-electron chi connectivity index (χ2n) is 6.39. The van der Waals surface area contributed by atoms with Gasteiger partial charge in [0.15, 0.2) is 0 Å². The minimum Gasteiger partial charge on any atom is -0.462 e. The number of esters is 1. The number of nitrogens with one attached hydrogen (secondary N) is 1. The Balaban J connectivity index is 1.94. The molecule has 1 heterocycles. The zero-order valence-corrected chi connectivity index (χ0v) is 15.3. The number of fused-ring (bicyclic) bond motifs is 2. The van der Waals surface area contributed by atoms with Crippen molar-refractivity contribution in [2.75, 3.05) is 11.9 Å². The van der Waals surface area contributed by atoms with E-state index in [-0.39, 0.29) is 5.97 Å². The Kier molecular flexibility index (Phi) is 4.47. The summed E-state index contributed by atoms with van der Waals surface area (Å²) in [6.45, 7) is 4.13. The molecule has 1 aromatic heterocycles. The Bertz CT molecular complexity index is 1150. The van der Waals surface area contributed by atoms with Crippen molar-refractivity contribution >= 4 is 39.0 Å². The van der Waals surface area contributed by atoms with Gasteiger partial charge in [-0.3, -0.25) is 4.98 Å². The van der Waals surface area contributed by atoms with E-state index in [4.69, 9.17) is 4.74 Å². The lowest BCUT2D eigenvalue weighted by Crippen LogP contribution is -2.09. The second-order valence-corrected chi connectivity index (χ2v) is 6.39. The van der Waals surface area contributed by atoms with E-state index in [2.05, 4.69) is 28.5 Å². The second kappa shape index (κ2) is 7.08. The predicted molar refractivity (Wildman–Crippen MR) is 110 cm³/mol. The summed E-state index contributed by atoms with van der Waals surface area (Å²) in [5.41, 5.74) is 4.02. The number of aromatic nitrogens is 1. The van der Waals surface area contributed by atoms with Crippen molar-refractivity contribution in [2.45, 2.75) is 13.8 Å². The van der Waals surface area contributed by atoms with Gasteiger partial charge >= 0.3 is 5.97 Å². The average molecular weight is 356 g/mol. The molecule has 0 atom stereocenters. The van der Waals surface area contributed by atoms with Crippen LogP contribution in [0.5, 0.6) is 0 Å². The molecule has 1 N–H and O–H groups in total. The lowest BCUT2D eigenvalue weighted by Gasteiger charge is -2.16. The maximum atomic E-state index is 12.5. The van der Waals surface area contributed by atoms with Gasteiger partial charge in [-0.25, -0.2) is 4.79 Å². The van der Waals surface area contributed by atoms with Crippen molar-refractivity contribution in [3.63, 3.8) is 0 Å². The van der Waals surface area contributed by atoms with Gasteiger partial charge in [-0.1, -0.05) is 54.6 Å². The molecule has 0 unspecified atom stereocenters. The molecule has 0 bridgehead atoms. The number of carbonyl (C=O) groups is 1. The van der Waals surface area contributed by atoms with Crippen LogP contribution >= 0.6 is 0 Å². The zero-order valence-electron chi connectivity index (χ0n) is 15.3. The minimum absolute atomic E-state index is 0.318. The van der Waals surface area contributed by atoms with E-state index < -0.39 is 0 Å². The van der Waals surface area contributed by atoms with E-state index >= 15 is 0 Å². The normalized spacial score (nSPS) is 10.9. The summed E-state index contributed by atoms with van der Waals surface area (Å²) in [6.07, 6.45) is 1.60. The number of ether oxygens (including phenoxy) is 1. The molecule has 27 heavy (non-hydrogen) atoms. The monoisotopic (exact) mass is 356 g/mol. The number of pyridine rings is 1. The van der Waals surface area contributed by atoms with E-state index in [0.717, 1.165) is 38.6 Å². The zero-order chi connectivity index (χ0) is 18.8. The maximum absolute atomic E-state index is 12.5. The van der Waals surface area contributed by atoms with E-state index in [1.807, 2.05) is 49.4 Å². The van der Waals surface area contributed by atoms with E-state index in [1.54, 1.807) is 13.1 Å². The highest BCUT2D eigenvalue weighted by Gasteiger charge is 2.18. The summed E-state index contributed by atoms with van der Waals surface area (Å²) in [5, 5.41) is 6.61. The van der Waals surface area contributed by atoms with Crippen molar-refractivity contribution in [2.24, 2.45) is 0 Å². The van der Waals surface area contributed by atoms with Crippen molar-refractivity contribution in [3.05, 3.63) is 78.0 Å². The first-order chi connectivity index (χ1) is 13.2. The summed E-state index contributed by atoms with van der Waals surface area (Å²) in [4.78, 5) is 17.1. The molecule has 0 aliphatic carbocycles. The summed E-state index contributed by atoms with van der Waals surface area (Å²) in [6, 6.07) is 20.2.